The average Bonchev–Trinajstić information content (AvgIpc) is 3.09. The maximum Gasteiger partial charge on any atom is 0.223 e. The molecule has 23 heavy (non-hydrogen) atoms. The van der Waals surface area contributed by atoms with Crippen molar-refractivity contribution in [3.05, 3.63) is 5.82 Å². The van der Waals surface area contributed by atoms with E-state index in [0.29, 0.717) is 12.5 Å². The molecule has 1 amide bonds. The number of nitrogens with two attached hydrogens (primary N) is 1. The molecule has 1 heterocycles. The fourth-order valence-electron chi connectivity index (χ4n) is 3.06. The van der Waals surface area contributed by atoms with Crippen LogP contribution >= 0.6 is 11.8 Å². The van der Waals surface area contributed by atoms with Crippen LogP contribution in [0.3, 0.4) is 0 Å². The summed E-state index contributed by atoms with van der Waals surface area (Å²) in [5.41, 5.74) is 5.87. The van der Waals surface area contributed by atoms with E-state index in [1.165, 1.54) is 0 Å². The van der Waals surface area contributed by atoms with Crippen molar-refractivity contribution >= 4 is 17.7 Å². The van der Waals surface area contributed by atoms with Crippen molar-refractivity contribution < 1.29 is 4.79 Å². The van der Waals surface area contributed by atoms with E-state index < -0.39 is 0 Å². The Labute approximate surface area is 143 Å². The summed E-state index contributed by atoms with van der Waals surface area (Å²) in [5.74, 6) is 1.84. The quantitative estimate of drug-likeness (QED) is 0.557. The van der Waals surface area contributed by atoms with E-state index in [1.807, 2.05) is 6.26 Å². The molecule has 1 aromatic rings. The van der Waals surface area contributed by atoms with Crippen molar-refractivity contribution in [1.82, 2.24) is 20.1 Å². The van der Waals surface area contributed by atoms with E-state index in [4.69, 9.17) is 5.73 Å². The first-order chi connectivity index (χ1) is 11.0. The Hall–Kier alpha value is -1.08. The van der Waals surface area contributed by atoms with Crippen molar-refractivity contribution in [1.29, 1.82) is 0 Å². The van der Waals surface area contributed by atoms with Gasteiger partial charge in [-0.05, 0) is 37.9 Å². The Kier molecular flexibility index (Phi) is 6.89. The topological polar surface area (TPSA) is 85.8 Å². The van der Waals surface area contributed by atoms with Crippen LogP contribution < -0.4 is 11.1 Å². The second-order valence-electron chi connectivity index (χ2n) is 6.77. The molecule has 0 bridgehead atoms. The third-order valence-corrected chi connectivity index (χ3v) is 4.91. The Morgan fingerprint density at radius 1 is 1.43 bits per heavy atom. The highest BCUT2D eigenvalue weighted by Crippen LogP contribution is 2.24. The van der Waals surface area contributed by atoms with Gasteiger partial charge in [0.05, 0.1) is 0 Å². The number of carbonyl (C=O) groups excluding carboxylic acids is 1. The normalized spacial score (nSPS) is 21.1. The number of carbonyl (C=O) groups is 1. The molecule has 1 fully saturated rings. The minimum absolute atomic E-state index is 0.109. The van der Waals surface area contributed by atoms with Gasteiger partial charge in [0.15, 0.2) is 5.16 Å². The van der Waals surface area contributed by atoms with Crippen LogP contribution in [-0.2, 0) is 17.8 Å². The Morgan fingerprint density at radius 2 is 2.22 bits per heavy atom. The summed E-state index contributed by atoms with van der Waals surface area (Å²) >= 11 is 1.63. The van der Waals surface area contributed by atoms with Crippen LogP contribution in [0.5, 0.6) is 0 Å². The molecule has 130 valence electrons. The summed E-state index contributed by atoms with van der Waals surface area (Å²) in [5, 5.41) is 12.6. The number of nitrogens with one attached hydrogen (secondary N) is 1. The van der Waals surface area contributed by atoms with E-state index >= 15 is 0 Å². The minimum Gasteiger partial charge on any atom is -0.356 e. The Balaban J connectivity index is 1.78. The van der Waals surface area contributed by atoms with Crippen LogP contribution in [0.1, 0.15) is 45.4 Å². The number of nitrogens with zero attached hydrogens (tertiary/aromatic N) is 3. The number of hydrogen-bond acceptors (Lipinski definition) is 5. The lowest BCUT2D eigenvalue weighted by atomic mass is 10.1. The van der Waals surface area contributed by atoms with Gasteiger partial charge >= 0.3 is 0 Å². The number of hydrogen-bond donors (Lipinski definition) is 2. The monoisotopic (exact) mass is 339 g/mol. The van der Waals surface area contributed by atoms with E-state index in [2.05, 4.69) is 33.9 Å². The van der Waals surface area contributed by atoms with Crippen LogP contribution in [-0.4, -0.2) is 39.5 Å². The molecule has 0 saturated heterocycles. The molecule has 2 atom stereocenters. The maximum absolute atomic E-state index is 12.1. The standard InChI is InChI=1S/C16H29N5OS/c1-11(2)10-21-14(19-20-16(21)23-3)5-4-8-18-15(22)12-6-7-13(17)9-12/h11-13H,4-10,17H2,1-3H3,(H,18,22). The van der Waals surface area contributed by atoms with Crippen molar-refractivity contribution in [2.45, 2.75) is 63.7 Å². The molecule has 1 aliphatic carbocycles. The molecule has 0 aliphatic heterocycles. The molecule has 1 aromatic heterocycles. The second-order valence-corrected chi connectivity index (χ2v) is 7.55. The highest BCUT2D eigenvalue weighted by atomic mass is 32.2. The Bertz CT molecular complexity index is 517. The molecule has 7 heteroatoms. The average molecular weight is 340 g/mol. The molecule has 0 aromatic carbocycles. The summed E-state index contributed by atoms with van der Waals surface area (Å²) in [6.45, 7) is 6.01. The van der Waals surface area contributed by atoms with Gasteiger partial charge in [0, 0.05) is 31.5 Å². The lowest BCUT2D eigenvalue weighted by Gasteiger charge is -2.12. The van der Waals surface area contributed by atoms with Gasteiger partial charge < -0.3 is 15.6 Å². The number of thioether (sulfide) groups is 1. The van der Waals surface area contributed by atoms with Gasteiger partial charge in [-0.3, -0.25) is 4.79 Å². The summed E-state index contributed by atoms with van der Waals surface area (Å²) in [6, 6.07) is 0.199. The molecule has 1 aliphatic rings. The summed E-state index contributed by atoms with van der Waals surface area (Å²) in [4.78, 5) is 12.1. The number of aryl methyl sites for hydroxylation is 1. The molecule has 6 nitrogen and oxygen atoms in total. The molecule has 2 rings (SSSR count). The van der Waals surface area contributed by atoms with Gasteiger partial charge in [-0.2, -0.15) is 0 Å². The molecular formula is C16H29N5OS. The van der Waals surface area contributed by atoms with Gasteiger partial charge in [-0.1, -0.05) is 25.6 Å². The molecule has 2 unspecified atom stereocenters. The van der Waals surface area contributed by atoms with Gasteiger partial charge in [0.2, 0.25) is 5.91 Å². The number of aromatic nitrogens is 3. The number of rotatable bonds is 8. The number of amides is 1. The van der Waals surface area contributed by atoms with Crippen LogP contribution in [0.2, 0.25) is 0 Å². The SMILES string of the molecule is CSc1nnc(CCCNC(=O)C2CCC(N)C2)n1CC(C)C. The highest BCUT2D eigenvalue weighted by Gasteiger charge is 2.27. The van der Waals surface area contributed by atoms with Gasteiger partial charge in [0.25, 0.3) is 0 Å². The van der Waals surface area contributed by atoms with E-state index in [1.54, 1.807) is 11.8 Å². The third-order valence-electron chi connectivity index (χ3n) is 4.24. The molecule has 1 saturated carbocycles. The van der Waals surface area contributed by atoms with E-state index in [-0.39, 0.29) is 17.9 Å². The minimum atomic E-state index is 0.109. The van der Waals surface area contributed by atoms with Gasteiger partial charge in [-0.15, -0.1) is 10.2 Å². The smallest absolute Gasteiger partial charge is 0.223 e. The fourth-order valence-corrected chi connectivity index (χ4v) is 3.58. The molecule has 0 radical (unpaired) electrons. The van der Waals surface area contributed by atoms with Gasteiger partial charge in [0.1, 0.15) is 5.82 Å². The summed E-state index contributed by atoms with van der Waals surface area (Å²) < 4.78 is 2.20. The lowest BCUT2D eigenvalue weighted by molar-refractivity contribution is -0.124. The molecule has 0 spiro atoms. The molecule has 3 N–H and O–H groups in total. The van der Waals surface area contributed by atoms with Crippen molar-refractivity contribution in [2.24, 2.45) is 17.6 Å². The second kappa shape index (κ2) is 8.68. The van der Waals surface area contributed by atoms with Crippen LogP contribution in [0.25, 0.3) is 0 Å². The van der Waals surface area contributed by atoms with Crippen molar-refractivity contribution in [2.75, 3.05) is 12.8 Å². The zero-order valence-corrected chi connectivity index (χ0v) is 15.2. The Morgan fingerprint density at radius 3 is 2.83 bits per heavy atom. The first-order valence-corrected chi connectivity index (χ1v) is 9.73. The fraction of sp³-hybridized carbons (Fsp3) is 0.812. The zero-order chi connectivity index (χ0) is 16.8. The largest absolute Gasteiger partial charge is 0.356 e. The lowest BCUT2D eigenvalue weighted by Crippen LogP contribution is -2.31. The first kappa shape index (κ1) is 18.3. The first-order valence-electron chi connectivity index (χ1n) is 8.50. The summed E-state index contributed by atoms with van der Waals surface area (Å²) in [7, 11) is 0. The maximum atomic E-state index is 12.1. The van der Waals surface area contributed by atoms with Gasteiger partial charge in [-0.25, -0.2) is 0 Å². The van der Waals surface area contributed by atoms with Crippen molar-refractivity contribution in [3.63, 3.8) is 0 Å². The van der Waals surface area contributed by atoms with Crippen LogP contribution in [0.4, 0.5) is 0 Å². The van der Waals surface area contributed by atoms with E-state index in [0.717, 1.165) is 49.6 Å². The van der Waals surface area contributed by atoms with Crippen LogP contribution in [0, 0.1) is 11.8 Å². The van der Waals surface area contributed by atoms with E-state index in [9.17, 15) is 4.79 Å². The molecular weight excluding hydrogens is 310 g/mol. The van der Waals surface area contributed by atoms with Crippen molar-refractivity contribution in [3.8, 4) is 0 Å². The third kappa shape index (κ3) is 5.21. The predicted molar refractivity (Wildman–Crippen MR) is 93.3 cm³/mol. The zero-order valence-electron chi connectivity index (χ0n) is 14.4. The van der Waals surface area contributed by atoms with Crippen LogP contribution in [0.15, 0.2) is 5.16 Å². The summed E-state index contributed by atoms with van der Waals surface area (Å²) in [6.07, 6.45) is 6.46. The predicted octanol–water partition coefficient (Wildman–Crippen LogP) is 1.83. The highest BCUT2D eigenvalue weighted by molar-refractivity contribution is 7.98.